The van der Waals surface area contributed by atoms with Crippen LogP contribution in [0.5, 0.6) is 11.5 Å². The zero-order valence-electron chi connectivity index (χ0n) is 13.0. The van der Waals surface area contributed by atoms with Gasteiger partial charge in [-0.1, -0.05) is 5.16 Å². The van der Waals surface area contributed by atoms with E-state index in [0.717, 1.165) is 0 Å². The van der Waals surface area contributed by atoms with Crippen LogP contribution >= 0.6 is 0 Å². The fourth-order valence-corrected chi connectivity index (χ4v) is 1.99. The van der Waals surface area contributed by atoms with E-state index in [0.29, 0.717) is 17.1 Å². The van der Waals surface area contributed by atoms with Gasteiger partial charge in [0.1, 0.15) is 11.3 Å². The summed E-state index contributed by atoms with van der Waals surface area (Å²) < 4.78 is 24.6. The van der Waals surface area contributed by atoms with Gasteiger partial charge in [0, 0.05) is 5.56 Å². The average Bonchev–Trinajstić information content (AvgIpc) is 3.04. The first-order chi connectivity index (χ1) is 11.1. The van der Waals surface area contributed by atoms with Crippen LogP contribution in [-0.2, 0) is 9.47 Å². The average molecular weight is 321 g/mol. The molecule has 2 rings (SSSR count). The standard InChI is InChI=1S/C15H15NO7/c1-19-9-6-5-8(7-10(9)20-2)12-11(14(17)21-3)13(23-16-12)15(18)22-4/h5-7H,1-4H3. The van der Waals surface area contributed by atoms with Crippen molar-refractivity contribution in [3.05, 3.63) is 29.5 Å². The van der Waals surface area contributed by atoms with Crippen LogP contribution in [0, 0.1) is 0 Å². The van der Waals surface area contributed by atoms with Gasteiger partial charge in [-0.15, -0.1) is 0 Å². The summed E-state index contributed by atoms with van der Waals surface area (Å²) >= 11 is 0. The lowest BCUT2D eigenvalue weighted by Gasteiger charge is -2.08. The van der Waals surface area contributed by atoms with Gasteiger partial charge in [0.05, 0.1) is 28.4 Å². The van der Waals surface area contributed by atoms with E-state index < -0.39 is 11.9 Å². The Morgan fingerprint density at radius 1 is 0.957 bits per heavy atom. The molecule has 23 heavy (non-hydrogen) atoms. The summed E-state index contributed by atoms with van der Waals surface area (Å²) in [6.45, 7) is 0. The van der Waals surface area contributed by atoms with Crippen LogP contribution in [0.25, 0.3) is 11.3 Å². The molecule has 0 unspecified atom stereocenters. The van der Waals surface area contributed by atoms with Crippen LogP contribution in [0.3, 0.4) is 0 Å². The van der Waals surface area contributed by atoms with Gasteiger partial charge < -0.3 is 23.5 Å². The molecule has 0 aliphatic heterocycles. The van der Waals surface area contributed by atoms with Crippen molar-refractivity contribution in [1.82, 2.24) is 5.16 Å². The Labute approximate surface area is 131 Å². The van der Waals surface area contributed by atoms with Crippen LogP contribution in [-0.4, -0.2) is 45.5 Å². The van der Waals surface area contributed by atoms with Crippen molar-refractivity contribution >= 4 is 11.9 Å². The molecule has 0 aliphatic carbocycles. The van der Waals surface area contributed by atoms with Gasteiger partial charge in [-0.05, 0) is 18.2 Å². The van der Waals surface area contributed by atoms with E-state index in [1.54, 1.807) is 18.2 Å². The van der Waals surface area contributed by atoms with E-state index in [1.165, 1.54) is 28.4 Å². The molecular formula is C15H15NO7. The molecular weight excluding hydrogens is 306 g/mol. The number of carbonyl (C=O) groups excluding carboxylic acids is 2. The molecule has 0 fully saturated rings. The van der Waals surface area contributed by atoms with Crippen LogP contribution in [0.15, 0.2) is 22.7 Å². The largest absolute Gasteiger partial charge is 0.493 e. The minimum Gasteiger partial charge on any atom is -0.493 e. The molecule has 0 saturated heterocycles. The third-order valence-electron chi connectivity index (χ3n) is 3.11. The van der Waals surface area contributed by atoms with Crippen molar-refractivity contribution < 1.29 is 33.1 Å². The smallest absolute Gasteiger partial charge is 0.377 e. The molecule has 1 aromatic heterocycles. The molecule has 0 aliphatic rings. The molecule has 8 heteroatoms. The first-order valence-electron chi connectivity index (χ1n) is 6.46. The summed E-state index contributed by atoms with van der Waals surface area (Å²) in [5, 5.41) is 3.78. The number of benzene rings is 1. The molecule has 1 heterocycles. The number of rotatable bonds is 5. The van der Waals surface area contributed by atoms with Gasteiger partial charge in [0.2, 0.25) is 0 Å². The number of esters is 2. The van der Waals surface area contributed by atoms with Crippen LogP contribution < -0.4 is 9.47 Å². The maximum Gasteiger partial charge on any atom is 0.377 e. The van der Waals surface area contributed by atoms with E-state index in [1.807, 2.05) is 0 Å². The lowest BCUT2D eigenvalue weighted by atomic mass is 10.1. The number of methoxy groups -OCH3 is 4. The second-order valence-corrected chi connectivity index (χ2v) is 4.29. The highest BCUT2D eigenvalue weighted by Gasteiger charge is 2.30. The fourth-order valence-electron chi connectivity index (χ4n) is 1.99. The number of nitrogens with zero attached hydrogens (tertiary/aromatic N) is 1. The highest BCUT2D eigenvalue weighted by molar-refractivity contribution is 6.05. The lowest BCUT2D eigenvalue weighted by molar-refractivity contribution is 0.0521. The summed E-state index contributed by atoms with van der Waals surface area (Å²) in [5.41, 5.74) is 0.506. The van der Waals surface area contributed by atoms with Crippen LogP contribution in [0.2, 0.25) is 0 Å². The Hall–Kier alpha value is -3.03. The SMILES string of the molecule is COC(=O)c1onc(-c2ccc(OC)c(OC)c2)c1C(=O)OC. The Bertz CT molecular complexity index is 735. The second kappa shape index (κ2) is 6.82. The van der Waals surface area contributed by atoms with Gasteiger partial charge in [0.25, 0.3) is 5.76 Å². The van der Waals surface area contributed by atoms with Crippen molar-refractivity contribution in [3.63, 3.8) is 0 Å². The van der Waals surface area contributed by atoms with Gasteiger partial charge in [-0.25, -0.2) is 9.59 Å². The van der Waals surface area contributed by atoms with Gasteiger partial charge in [-0.2, -0.15) is 0 Å². The minimum atomic E-state index is -0.829. The topological polar surface area (TPSA) is 97.1 Å². The third-order valence-corrected chi connectivity index (χ3v) is 3.11. The van der Waals surface area contributed by atoms with Crippen molar-refractivity contribution in [1.29, 1.82) is 0 Å². The van der Waals surface area contributed by atoms with Crippen molar-refractivity contribution in [2.45, 2.75) is 0 Å². The molecule has 0 N–H and O–H groups in total. The molecule has 0 amide bonds. The van der Waals surface area contributed by atoms with E-state index in [-0.39, 0.29) is 17.0 Å². The van der Waals surface area contributed by atoms with Crippen molar-refractivity contribution in [2.24, 2.45) is 0 Å². The molecule has 0 spiro atoms. The Kier molecular flexibility index (Phi) is 4.85. The maximum atomic E-state index is 12.0. The number of hydrogen-bond acceptors (Lipinski definition) is 8. The quantitative estimate of drug-likeness (QED) is 0.771. The van der Waals surface area contributed by atoms with Gasteiger partial charge in [0.15, 0.2) is 11.5 Å². The fraction of sp³-hybridized carbons (Fsp3) is 0.267. The van der Waals surface area contributed by atoms with Crippen molar-refractivity contribution in [3.8, 4) is 22.8 Å². The van der Waals surface area contributed by atoms with Crippen LogP contribution in [0.1, 0.15) is 20.9 Å². The number of carbonyl (C=O) groups is 2. The van der Waals surface area contributed by atoms with E-state index in [4.69, 9.17) is 18.7 Å². The third kappa shape index (κ3) is 2.96. The summed E-state index contributed by atoms with van der Waals surface area (Å²) in [7, 11) is 5.34. The highest BCUT2D eigenvalue weighted by atomic mass is 16.6. The molecule has 0 radical (unpaired) electrons. The number of ether oxygens (including phenoxy) is 4. The number of aromatic nitrogens is 1. The van der Waals surface area contributed by atoms with E-state index >= 15 is 0 Å². The first kappa shape index (κ1) is 16.3. The van der Waals surface area contributed by atoms with Gasteiger partial charge >= 0.3 is 11.9 Å². The lowest BCUT2D eigenvalue weighted by Crippen LogP contribution is -2.10. The zero-order chi connectivity index (χ0) is 17.0. The molecule has 0 bridgehead atoms. The molecule has 0 atom stereocenters. The Morgan fingerprint density at radius 3 is 2.17 bits per heavy atom. The summed E-state index contributed by atoms with van der Waals surface area (Å²) in [6.07, 6.45) is 0. The molecule has 8 nitrogen and oxygen atoms in total. The minimum absolute atomic E-state index is 0.119. The summed E-state index contributed by atoms with van der Waals surface area (Å²) in [6, 6.07) is 4.89. The van der Waals surface area contributed by atoms with E-state index in [2.05, 4.69) is 9.89 Å². The van der Waals surface area contributed by atoms with Crippen LogP contribution in [0.4, 0.5) is 0 Å². The summed E-state index contributed by atoms with van der Waals surface area (Å²) in [5.74, 6) is -0.985. The highest BCUT2D eigenvalue weighted by Crippen LogP contribution is 2.34. The molecule has 1 aromatic carbocycles. The Morgan fingerprint density at radius 2 is 1.61 bits per heavy atom. The van der Waals surface area contributed by atoms with Gasteiger partial charge in [-0.3, -0.25) is 0 Å². The zero-order valence-corrected chi connectivity index (χ0v) is 13.0. The molecule has 122 valence electrons. The molecule has 0 saturated carbocycles. The monoisotopic (exact) mass is 321 g/mol. The predicted molar refractivity (Wildman–Crippen MR) is 77.7 cm³/mol. The second-order valence-electron chi connectivity index (χ2n) is 4.29. The number of hydrogen-bond donors (Lipinski definition) is 0. The first-order valence-corrected chi connectivity index (χ1v) is 6.46. The van der Waals surface area contributed by atoms with Crippen molar-refractivity contribution in [2.75, 3.05) is 28.4 Å². The Balaban J connectivity index is 2.62. The summed E-state index contributed by atoms with van der Waals surface area (Å²) in [4.78, 5) is 23.7. The van der Waals surface area contributed by atoms with E-state index in [9.17, 15) is 9.59 Å². The predicted octanol–water partition coefficient (Wildman–Crippen LogP) is 1.93. The molecule has 2 aromatic rings. The normalized spacial score (nSPS) is 10.1. The maximum absolute atomic E-state index is 12.0.